The second kappa shape index (κ2) is 5.19. The first-order valence-corrected chi connectivity index (χ1v) is 6.07. The molecule has 0 aliphatic carbocycles. The van der Waals surface area contributed by atoms with Gasteiger partial charge >= 0.3 is 0 Å². The van der Waals surface area contributed by atoms with Gasteiger partial charge in [0.2, 0.25) is 0 Å². The molecule has 0 saturated heterocycles. The van der Waals surface area contributed by atoms with E-state index in [0.29, 0.717) is 0 Å². The number of aliphatic hydroxyl groups is 1. The molecule has 2 heteroatoms. The summed E-state index contributed by atoms with van der Waals surface area (Å²) in [5, 5.41) is 9.50. The van der Waals surface area contributed by atoms with Crippen molar-refractivity contribution in [1.29, 1.82) is 0 Å². The molecule has 1 N–H and O–H groups in total. The molecule has 0 spiro atoms. The van der Waals surface area contributed by atoms with Gasteiger partial charge in [-0.2, -0.15) is 0 Å². The topological polar surface area (TPSA) is 29.5 Å². The first-order valence-electron chi connectivity index (χ1n) is 6.07. The van der Waals surface area contributed by atoms with Gasteiger partial charge in [-0.15, -0.1) is 0 Å². The van der Waals surface area contributed by atoms with Crippen LogP contribution in [0.15, 0.2) is 24.3 Å². The smallest absolute Gasteiger partial charge is 0.0663 e. The standard InChI is InChI=1S/C15H24O2/c1-14(2,11-16)13-9-7-6-8-12(13)10-15(3,4)17-5/h6-9,16H,10-11H2,1-5H3. The minimum absolute atomic E-state index is 0.150. The van der Waals surface area contributed by atoms with Gasteiger partial charge in [0.1, 0.15) is 0 Å². The Balaban J connectivity index is 3.09. The molecule has 1 aromatic carbocycles. The van der Waals surface area contributed by atoms with Crippen LogP contribution in [-0.2, 0) is 16.6 Å². The lowest BCUT2D eigenvalue weighted by Crippen LogP contribution is -2.29. The van der Waals surface area contributed by atoms with Crippen molar-refractivity contribution >= 4 is 0 Å². The quantitative estimate of drug-likeness (QED) is 0.851. The largest absolute Gasteiger partial charge is 0.395 e. The minimum Gasteiger partial charge on any atom is -0.395 e. The average Bonchev–Trinajstić information content (AvgIpc) is 2.29. The van der Waals surface area contributed by atoms with Crippen molar-refractivity contribution in [3.63, 3.8) is 0 Å². The number of hydrogen-bond donors (Lipinski definition) is 1. The van der Waals surface area contributed by atoms with Crippen LogP contribution in [0.1, 0.15) is 38.8 Å². The molecular weight excluding hydrogens is 212 g/mol. The summed E-state index contributed by atoms with van der Waals surface area (Å²) in [7, 11) is 1.74. The van der Waals surface area contributed by atoms with E-state index in [-0.39, 0.29) is 17.6 Å². The third-order valence-electron chi connectivity index (χ3n) is 3.31. The molecule has 2 nitrogen and oxygen atoms in total. The third kappa shape index (κ3) is 3.55. The van der Waals surface area contributed by atoms with E-state index >= 15 is 0 Å². The molecule has 96 valence electrons. The highest BCUT2D eigenvalue weighted by molar-refractivity contribution is 5.34. The van der Waals surface area contributed by atoms with Gasteiger partial charge < -0.3 is 9.84 Å². The van der Waals surface area contributed by atoms with Crippen LogP contribution in [0.2, 0.25) is 0 Å². The molecule has 1 rings (SSSR count). The van der Waals surface area contributed by atoms with Crippen molar-refractivity contribution in [2.45, 2.75) is 45.1 Å². The maximum atomic E-state index is 9.50. The summed E-state index contributed by atoms with van der Waals surface area (Å²) >= 11 is 0. The molecule has 17 heavy (non-hydrogen) atoms. The Morgan fingerprint density at radius 3 is 2.24 bits per heavy atom. The van der Waals surface area contributed by atoms with Crippen LogP contribution < -0.4 is 0 Å². The predicted octanol–water partition coefficient (Wildman–Crippen LogP) is 2.92. The molecule has 0 aromatic heterocycles. The van der Waals surface area contributed by atoms with E-state index in [1.807, 2.05) is 12.1 Å². The van der Waals surface area contributed by atoms with Crippen LogP contribution in [-0.4, -0.2) is 24.4 Å². The second-order valence-electron chi connectivity index (χ2n) is 5.84. The Labute approximate surface area is 105 Å². The molecule has 0 heterocycles. The average molecular weight is 236 g/mol. The maximum absolute atomic E-state index is 9.50. The predicted molar refractivity (Wildman–Crippen MR) is 71.3 cm³/mol. The van der Waals surface area contributed by atoms with Crippen LogP contribution in [0.5, 0.6) is 0 Å². The SMILES string of the molecule is COC(C)(C)Cc1ccccc1C(C)(C)CO. The Kier molecular flexibility index (Phi) is 4.34. The van der Waals surface area contributed by atoms with Crippen molar-refractivity contribution in [1.82, 2.24) is 0 Å². The van der Waals surface area contributed by atoms with Crippen molar-refractivity contribution < 1.29 is 9.84 Å². The molecule has 1 aromatic rings. The normalized spacial score (nSPS) is 12.8. The highest BCUT2D eigenvalue weighted by Crippen LogP contribution is 2.29. The fourth-order valence-electron chi connectivity index (χ4n) is 1.95. The van der Waals surface area contributed by atoms with Crippen LogP contribution in [0, 0.1) is 0 Å². The zero-order valence-electron chi connectivity index (χ0n) is 11.6. The molecule has 0 aliphatic rings. The Morgan fingerprint density at radius 2 is 1.71 bits per heavy atom. The van der Waals surface area contributed by atoms with E-state index < -0.39 is 0 Å². The zero-order chi connectivity index (χ0) is 13.1. The monoisotopic (exact) mass is 236 g/mol. The van der Waals surface area contributed by atoms with Gasteiger partial charge in [-0.05, 0) is 25.0 Å². The molecular formula is C15H24O2. The molecule has 0 unspecified atom stereocenters. The summed E-state index contributed by atoms with van der Waals surface area (Å²) in [5.74, 6) is 0. The second-order valence-corrected chi connectivity index (χ2v) is 5.84. The molecule has 0 radical (unpaired) electrons. The highest BCUT2D eigenvalue weighted by Gasteiger charge is 2.25. The highest BCUT2D eigenvalue weighted by atomic mass is 16.5. The van der Waals surface area contributed by atoms with E-state index in [4.69, 9.17) is 4.74 Å². The van der Waals surface area contributed by atoms with E-state index in [0.717, 1.165) is 6.42 Å². The molecule has 0 saturated carbocycles. The first-order chi connectivity index (χ1) is 7.82. The number of rotatable bonds is 5. The molecule has 0 aliphatic heterocycles. The van der Waals surface area contributed by atoms with Crippen LogP contribution in [0.3, 0.4) is 0 Å². The zero-order valence-corrected chi connectivity index (χ0v) is 11.6. The Bertz CT molecular complexity index is 367. The first kappa shape index (κ1) is 14.2. The lowest BCUT2D eigenvalue weighted by atomic mass is 9.80. The van der Waals surface area contributed by atoms with Gasteiger partial charge in [0.05, 0.1) is 12.2 Å². The lowest BCUT2D eigenvalue weighted by molar-refractivity contribution is 0.0228. The summed E-state index contributed by atoms with van der Waals surface area (Å²) in [4.78, 5) is 0. The van der Waals surface area contributed by atoms with E-state index in [2.05, 4.69) is 39.8 Å². The summed E-state index contributed by atoms with van der Waals surface area (Å²) in [6.07, 6.45) is 0.850. The molecule has 0 atom stereocenters. The van der Waals surface area contributed by atoms with Gasteiger partial charge in [0, 0.05) is 18.9 Å². The maximum Gasteiger partial charge on any atom is 0.0663 e. The third-order valence-corrected chi connectivity index (χ3v) is 3.31. The van der Waals surface area contributed by atoms with Crippen molar-refractivity contribution in [2.24, 2.45) is 0 Å². The van der Waals surface area contributed by atoms with E-state index in [1.165, 1.54) is 11.1 Å². The van der Waals surface area contributed by atoms with Crippen LogP contribution in [0.25, 0.3) is 0 Å². The summed E-state index contributed by atoms with van der Waals surface area (Å²) in [6.45, 7) is 8.43. The van der Waals surface area contributed by atoms with E-state index in [1.54, 1.807) is 7.11 Å². The summed E-state index contributed by atoms with van der Waals surface area (Å²) in [5.41, 5.74) is 2.06. The van der Waals surface area contributed by atoms with Gasteiger partial charge in [0.15, 0.2) is 0 Å². The van der Waals surface area contributed by atoms with Gasteiger partial charge in [-0.1, -0.05) is 38.1 Å². The van der Waals surface area contributed by atoms with Gasteiger partial charge in [0.25, 0.3) is 0 Å². The summed E-state index contributed by atoms with van der Waals surface area (Å²) < 4.78 is 5.48. The van der Waals surface area contributed by atoms with Crippen molar-refractivity contribution in [2.75, 3.05) is 13.7 Å². The fourth-order valence-corrected chi connectivity index (χ4v) is 1.95. The number of aliphatic hydroxyl groups excluding tert-OH is 1. The number of methoxy groups -OCH3 is 1. The van der Waals surface area contributed by atoms with Crippen LogP contribution in [0.4, 0.5) is 0 Å². The van der Waals surface area contributed by atoms with Crippen molar-refractivity contribution in [3.05, 3.63) is 35.4 Å². The van der Waals surface area contributed by atoms with Gasteiger partial charge in [-0.25, -0.2) is 0 Å². The minimum atomic E-state index is -0.208. The lowest BCUT2D eigenvalue weighted by Gasteiger charge is -2.29. The fraction of sp³-hybridized carbons (Fsp3) is 0.600. The number of benzene rings is 1. The Hall–Kier alpha value is -0.860. The Morgan fingerprint density at radius 1 is 1.12 bits per heavy atom. The van der Waals surface area contributed by atoms with E-state index in [9.17, 15) is 5.11 Å². The molecule has 0 bridgehead atoms. The molecule has 0 amide bonds. The number of hydrogen-bond acceptors (Lipinski definition) is 2. The number of ether oxygens (including phenoxy) is 1. The molecule has 0 fully saturated rings. The van der Waals surface area contributed by atoms with Crippen molar-refractivity contribution in [3.8, 4) is 0 Å². The summed E-state index contributed by atoms with van der Waals surface area (Å²) in [6, 6.07) is 8.28. The van der Waals surface area contributed by atoms with Gasteiger partial charge in [-0.3, -0.25) is 0 Å². The van der Waals surface area contributed by atoms with Crippen LogP contribution >= 0.6 is 0 Å².